The van der Waals surface area contributed by atoms with Gasteiger partial charge in [0.05, 0.1) is 0 Å². The highest BCUT2D eigenvalue weighted by atomic mass is 16.5. The molecule has 1 aromatic heterocycles. The number of carbonyl (C=O) groups is 2. The molecule has 8 nitrogen and oxygen atoms in total. The maximum atomic E-state index is 12.2. The van der Waals surface area contributed by atoms with E-state index in [0.717, 1.165) is 45.1 Å². The van der Waals surface area contributed by atoms with E-state index in [1.165, 1.54) is 6.92 Å². The molecule has 0 saturated heterocycles. The molecule has 2 rings (SSSR count). The van der Waals surface area contributed by atoms with Crippen LogP contribution in [-0.4, -0.2) is 52.0 Å². The summed E-state index contributed by atoms with van der Waals surface area (Å²) < 4.78 is 5.42. The van der Waals surface area contributed by atoms with E-state index in [4.69, 9.17) is 4.52 Å². The predicted molar refractivity (Wildman–Crippen MR) is 116 cm³/mol. The molecule has 0 spiro atoms. The van der Waals surface area contributed by atoms with Gasteiger partial charge in [0, 0.05) is 44.9 Å². The summed E-state index contributed by atoms with van der Waals surface area (Å²) in [5.41, 5.74) is -0.552. The summed E-state index contributed by atoms with van der Waals surface area (Å²) in [5.74, 6) is 0.882. The Kier molecular flexibility index (Phi) is 9.27. The molecule has 8 heteroatoms. The van der Waals surface area contributed by atoms with E-state index < -0.39 is 5.54 Å². The maximum Gasteiger partial charge on any atom is 0.227 e. The van der Waals surface area contributed by atoms with E-state index in [1.807, 2.05) is 0 Å². The lowest BCUT2D eigenvalue weighted by atomic mass is 9.89. The number of nitrogens with one attached hydrogen (secondary N) is 2. The summed E-state index contributed by atoms with van der Waals surface area (Å²) in [6.07, 6.45) is 6.68. The Balaban J connectivity index is 1.88. The molecule has 2 amide bonds. The summed E-state index contributed by atoms with van der Waals surface area (Å²) >= 11 is 0. The minimum Gasteiger partial charge on any atom is -0.355 e. The Morgan fingerprint density at radius 1 is 1.10 bits per heavy atom. The first-order valence-corrected chi connectivity index (χ1v) is 11.4. The van der Waals surface area contributed by atoms with Crippen molar-refractivity contribution >= 4 is 11.8 Å². The highest BCUT2D eigenvalue weighted by Gasteiger charge is 2.38. The van der Waals surface area contributed by atoms with Crippen LogP contribution >= 0.6 is 0 Å². The molecular formula is C22H39N5O3. The number of amides is 2. The summed E-state index contributed by atoms with van der Waals surface area (Å²) in [6.45, 7) is 11.6. The zero-order valence-electron chi connectivity index (χ0n) is 19.3. The second-order valence-corrected chi connectivity index (χ2v) is 8.96. The molecule has 30 heavy (non-hydrogen) atoms. The highest BCUT2D eigenvalue weighted by Crippen LogP contribution is 2.34. The third kappa shape index (κ3) is 7.07. The van der Waals surface area contributed by atoms with Gasteiger partial charge >= 0.3 is 0 Å². The van der Waals surface area contributed by atoms with E-state index in [0.29, 0.717) is 43.2 Å². The topological polar surface area (TPSA) is 100 Å². The van der Waals surface area contributed by atoms with Gasteiger partial charge in [-0.2, -0.15) is 4.98 Å². The van der Waals surface area contributed by atoms with Crippen LogP contribution in [0.15, 0.2) is 4.52 Å². The average molecular weight is 422 g/mol. The molecule has 170 valence electrons. The van der Waals surface area contributed by atoms with Crippen molar-refractivity contribution in [2.45, 2.75) is 104 Å². The Labute approximate surface area is 180 Å². The third-order valence-electron chi connectivity index (χ3n) is 5.85. The SMILES string of the molecule is CC(=O)NC1(c2noc(CCC(=O)NCCN(C(C)C)C(C)C)n2)CCCCCC1. The van der Waals surface area contributed by atoms with Gasteiger partial charge in [-0.1, -0.05) is 30.8 Å². The van der Waals surface area contributed by atoms with Crippen LogP contribution in [0.2, 0.25) is 0 Å². The third-order valence-corrected chi connectivity index (χ3v) is 5.85. The zero-order valence-corrected chi connectivity index (χ0v) is 19.3. The molecular weight excluding hydrogens is 382 g/mol. The van der Waals surface area contributed by atoms with Crippen molar-refractivity contribution in [3.05, 3.63) is 11.7 Å². The van der Waals surface area contributed by atoms with Crippen LogP contribution in [0.1, 0.15) is 91.3 Å². The van der Waals surface area contributed by atoms with Crippen LogP contribution < -0.4 is 10.6 Å². The number of nitrogens with zero attached hydrogens (tertiary/aromatic N) is 3. The number of aryl methyl sites for hydroxylation is 1. The molecule has 1 heterocycles. The molecule has 0 aromatic carbocycles. The highest BCUT2D eigenvalue weighted by molar-refractivity contribution is 5.76. The Morgan fingerprint density at radius 2 is 1.73 bits per heavy atom. The summed E-state index contributed by atoms with van der Waals surface area (Å²) in [7, 11) is 0. The van der Waals surface area contributed by atoms with Gasteiger partial charge in [-0.3, -0.25) is 14.5 Å². The van der Waals surface area contributed by atoms with Gasteiger partial charge in [-0.15, -0.1) is 0 Å². The van der Waals surface area contributed by atoms with Gasteiger partial charge in [-0.25, -0.2) is 0 Å². The number of carbonyl (C=O) groups excluding carboxylic acids is 2. The van der Waals surface area contributed by atoms with Crippen LogP contribution in [0.3, 0.4) is 0 Å². The van der Waals surface area contributed by atoms with Gasteiger partial charge in [0.25, 0.3) is 0 Å². The first kappa shape index (κ1) is 24.3. The maximum absolute atomic E-state index is 12.2. The normalized spacial score (nSPS) is 16.7. The number of rotatable bonds is 10. The number of hydrogen-bond acceptors (Lipinski definition) is 6. The van der Waals surface area contributed by atoms with Crippen LogP contribution in [0, 0.1) is 0 Å². The first-order valence-electron chi connectivity index (χ1n) is 11.4. The molecule has 1 saturated carbocycles. The molecule has 1 aliphatic carbocycles. The van der Waals surface area contributed by atoms with Crippen LogP contribution in [0.4, 0.5) is 0 Å². The largest absolute Gasteiger partial charge is 0.355 e. The fourth-order valence-electron chi connectivity index (χ4n) is 4.37. The van der Waals surface area contributed by atoms with E-state index >= 15 is 0 Å². The van der Waals surface area contributed by atoms with Crippen molar-refractivity contribution in [1.82, 2.24) is 25.7 Å². The van der Waals surface area contributed by atoms with Crippen LogP contribution in [0.5, 0.6) is 0 Å². The molecule has 0 atom stereocenters. The molecule has 1 aromatic rings. The second kappa shape index (κ2) is 11.4. The Hall–Kier alpha value is -1.96. The van der Waals surface area contributed by atoms with E-state index in [-0.39, 0.29) is 11.8 Å². The van der Waals surface area contributed by atoms with Crippen molar-refractivity contribution < 1.29 is 14.1 Å². The van der Waals surface area contributed by atoms with Crippen molar-refractivity contribution in [3.63, 3.8) is 0 Å². The Bertz CT molecular complexity index is 670. The van der Waals surface area contributed by atoms with Crippen molar-refractivity contribution in [2.24, 2.45) is 0 Å². The second-order valence-electron chi connectivity index (χ2n) is 8.96. The van der Waals surface area contributed by atoms with Crippen molar-refractivity contribution in [2.75, 3.05) is 13.1 Å². The molecule has 0 bridgehead atoms. The fraction of sp³-hybridized carbons (Fsp3) is 0.818. The minimum absolute atomic E-state index is 0.0201. The molecule has 0 unspecified atom stereocenters. The molecule has 0 aliphatic heterocycles. The van der Waals surface area contributed by atoms with Gasteiger partial charge in [0.2, 0.25) is 17.7 Å². The summed E-state index contributed by atoms with van der Waals surface area (Å²) in [6, 6.07) is 0.886. The van der Waals surface area contributed by atoms with Gasteiger partial charge in [-0.05, 0) is 40.5 Å². The predicted octanol–water partition coefficient (Wildman–Crippen LogP) is 2.92. The van der Waals surface area contributed by atoms with Crippen LogP contribution in [-0.2, 0) is 21.5 Å². The zero-order chi connectivity index (χ0) is 22.1. The molecule has 1 fully saturated rings. The fourth-order valence-corrected chi connectivity index (χ4v) is 4.37. The minimum atomic E-state index is -0.552. The number of aromatic nitrogens is 2. The van der Waals surface area contributed by atoms with Crippen molar-refractivity contribution in [1.29, 1.82) is 0 Å². The summed E-state index contributed by atoms with van der Waals surface area (Å²) in [4.78, 5) is 30.9. The lowest BCUT2D eigenvalue weighted by molar-refractivity contribution is -0.122. The quantitative estimate of drug-likeness (QED) is 0.564. The van der Waals surface area contributed by atoms with Gasteiger partial charge < -0.3 is 15.2 Å². The number of hydrogen-bond donors (Lipinski definition) is 2. The van der Waals surface area contributed by atoms with E-state index in [2.05, 4.69) is 53.4 Å². The lowest BCUT2D eigenvalue weighted by Crippen LogP contribution is -2.45. The average Bonchev–Trinajstić information content (AvgIpc) is 3.03. The Morgan fingerprint density at radius 3 is 2.30 bits per heavy atom. The lowest BCUT2D eigenvalue weighted by Gasteiger charge is -2.30. The molecule has 0 radical (unpaired) electrons. The summed E-state index contributed by atoms with van der Waals surface area (Å²) in [5, 5.41) is 10.2. The van der Waals surface area contributed by atoms with Gasteiger partial charge in [0.15, 0.2) is 5.82 Å². The van der Waals surface area contributed by atoms with Gasteiger partial charge in [0.1, 0.15) is 5.54 Å². The molecule has 1 aliphatic rings. The van der Waals surface area contributed by atoms with Crippen LogP contribution in [0.25, 0.3) is 0 Å². The van der Waals surface area contributed by atoms with Crippen molar-refractivity contribution in [3.8, 4) is 0 Å². The standard InChI is InChI=1S/C22H39N5O3/c1-16(2)27(17(3)4)15-14-23-19(29)10-11-20-24-21(26-30-20)22(25-18(5)28)12-8-6-7-9-13-22/h16-17H,6-15H2,1-5H3,(H,23,29)(H,25,28). The first-order chi connectivity index (χ1) is 14.2. The monoisotopic (exact) mass is 421 g/mol. The van der Waals surface area contributed by atoms with E-state index in [9.17, 15) is 9.59 Å². The smallest absolute Gasteiger partial charge is 0.227 e. The van der Waals surface area contributed by atoms with E-state index in [1.54, 1.807) is 0 Å². The molecule has 2 N–H and O–H groups in total.